The molecular formula is C23H29ClN3O+. The van der Waals surface area contributed by atoms with Crippen LogP contribution < -0.4 is 10.2 Å². The fourth-order valence-electron chi connectivity index (χ4n) is 3.68. The number of H-pyrrole nitrogens is 1. The van der Waals surface area contributed by atoms with Gasteiger partial charge in [-0.15, -0.1) is 0 Å². The Balaban J connectivity index is 1.96. The highest BCUT2D eigenvalue weighted by atomic mass is 35.5. The minimum absolute atomic E-state index is 0.0483. The van der Waals surface area contributed by atoms with Crippen LogP contribution in [0.25, 0.3) is 10.9 Å². The van der Waals surface area contributed by atoms with Crippen molar-refractivity contribution in [2.75, 3.05) is 27.2 Å². The number of aromatic nitrogens is 1. The number of hydrogen-bond acceptors (Lipinski definition) is 1. The van der Waals surface area contributed by atoms with Crippen LogP contribution >= 0.6 is 11.6 Å². The quantitative estimate of drug-likeness (QED) is 0.536. The number of aryl methyl sites for hydroxylation is 1. The number of benzene rings is 2. The second-order valence-electron chi connectivity index (χ2n) is 7.52. The molecule has 1 aromatic heterocycles. The summed E-state index contributed by atoms with van der Waals surface area (Å²) in [5, 5.41) is 4.91. The number of hydrogen-bond donors (Lipinski definition) is 3. The van der Waals surface area contributed by atoms with Gasteiger partial charge in [0.2, 0.25) is 5.91 Å². The standard InChI is InChI=1S/C23H28ClN3O/c1-4-16-8-7-10-18-20(15-26-23(16)18)19(17-9-5-6-11-21(17)24)14-22(28)25-12-13-27(2)3/h5-11,15,19,26H,4,12-14H2,1-3H3,(H,25,28)/p+1/t19-/m0/s1. The highest BCUT2D eigenvalue weighted by Gasteiger charge is 2.23. The van der Waals surface area contributed by atoms with Gasteiger partial charge in [-0.3, -0.25) is 4.79 Å². The van der Waals surface area contributed by atoms with Gasteiger partial charge < -0.3 is 15.2 Å². The van der Waals surface area contributed by atoms with Crippen molar-refractivity contribution in [3.05, 3.63) is 70.4 Å². The number of likely N-dealkylation sites (N-methyl/N-ethyl adjacent to an activating group) is 1. The average Bonchev–Trinajstić information content (AvgIpc) is 3.10. The second kappa shape index (κ2) is 9.26. The SMILES string of the molecule is CCc1cccc2c([C@@H](CC(=O)NCC[NH+](C)C)c3ccccc3Cl)c[nH]c12. The molecule has 0 bridgehead atoms. The molecule has 2 aromatic carbocycles. The number of carbonyl (C=O) groups excluding carboxylic acids is 1. The van der Waals surface area contributed by atoms with Gasteiger partial charge in [0.15, 0.2) is 0 Å². The first-order valence-electron chi connectivity index (χ1n) is 9.90. The number of aromatic amines is 1. The molecule has 148 valence electrons. The van der Waals surface area contributed by atoms with Crippen molar-refractivity contribution < 1.29 is 9.69 Å². The van der Waals surface area contributed by atoms with Crippen molar-refractivity contribution in [1.82, 2.24) is 10.3 Å². The minimum Gasteiger partial charge on any atom is -0.361 e. The molecule has 0 aliphatic heterocycles. The number of para-hydroxylation sites is 1. The third kappa shape index (κ3) is 4.57. The summed E-state index contributed by atoms with van der Waals surface area (Å²) in [6.45, 7) is 3.72. The molecule has 1 atom stereocenters. The van der Waals surface area contributed by atoms with Crippen molar-refractivity contribution >= 4 is 28.4 Å². The molecule has 3 aromatic rings. The maximum absolute atomic E-state index is 12.7. The van der Waals surface area contributed by atoms with Gasteiger partial charge >= 0.3 is 0 Å². The van der Waals surface area contributed by atoms with Gasteiger partial charge in [0, 0.05) is 34.5 Å². The van der Waals surface area contributed by atoms with Crippen LogP contribution in [-0.2, 0) is 11.2 Å². The molecular weight excluding hydrogens is 370 g/mol. The van der Waals surface area contributed by atoms with Crippen LogP contribution in [0.5, 0.6) is 0 Å². The van der Waals surface area contributed by atoms with Crippen molar-refractivity contribution in [2.24, 2.45) is 0 Å². The van der Waals surface area contributed by atoms with Gasteiger partial charge in [-0.05, 0) is 29.2 Å². The van der Waals surface area contributed by atoms with E-state index in [2.05, 4.69) is 49.5 Å². The molecule has 0 aliphatic carbocycles. The predicted octanol–water partition coefficient (Wildman–Crippen LogP) is 3.17. The van der Waals surface area contributed by atoms with E-state index in [1.807, 2.05) is 30.5 Å². The number of amides is 1. The Labute approximate surface area is 171 Å². The molecule has 0 saturated carbocycles. The Morgan fingerprint density at radius 2 is 1.93 bits per heavy atom. The van der Waals surface area contributed by atoms with E-state index in [9.17, 15) is 4.79 Å². The molecule has 3 N–H and O–H groups in total. The summed E-state index contributed by atoms with van der Waals surface area (Å²) in [6.07, 6.45) is 3.37. The highest BCUT2D eigenvalue weighted by molar-refractivity contribution is 6.31. The summed E-state index contributed by atoms with van der Waals surface area (Å²) in [7, 11) is 4.16. The summed E-state index contributed by atoms with van der Waals surface area (Å²) < 4.78 is 0. The van der Waals surface area contributed by atoms with E-state index in [4.69, 9.17) is 11.6 Å². The fraction of sp³-hybridized carbons (Fsp3) is 0.348. The zero-order chi connectivity index (χ0) is 20.1. The number of carbonyl (C=O) groups is 1. The molecule has 0 aliphatic rings. The second-order valence-corrected chi connectivity index (χ2v) is 7.93. The summed E-state index contributed by atoms with van der Waals surface area (Å²) in [5.74, 6) is -0.0478. The van der Waals surface area contributed by atoms with Gasteiger partial charge in [0.25, 0.3) is 0 Å². The average molecular weight is 399 g/mol. The fourth-order valence-corrected chi connectivity index (χ4v) is 3.94. The van der Waals surface area contributed by atoms with Gasteiger partial charge in [-0.2, -0.15) is 0 Å². The van der Waals surface area contributed by atoms with Crippen LogP contribution in [0.15, 0.2) is 48.7 Å². The molecule has 0 fully saturated rings. The minimum atomic E-state index is -0.0961. The van der Waals surface area contributed by atoms with Crippen LogP contribution in [0.4, 0.5) is 0 Å². The lowest BCUT2D eigenvalue weighted by Crippen LogP contribution is -3.06. The Morgan fingerprint density at radius 1 is 1.14 bits per heavy atom. The zero-order valence-corrected chi connectivity index (χ0v) is 17.6. The molecule has 28 heavy (non-hydrogen) atoms. The normalized spacial score (nSPS) is 12.5. The van der Waals surface area contributed by atoms with Crippen LogP contribution in [-0.4, -0.2) is 38.1 Å². The Hall–Kier alpha value is -2.30. The maximum atomic E-state index is 12.7. The van der Waals surface area contributed by atoms with E-state index in [1.54, 1.807) is 0 Å². The van der Waals surface area contributed by atoms with E-state index in [1.165, 1.54) is 10.5 Å². The summed E-state index contributed by atoms with van der Waals surface area (Å²) in [5.41, 5.74) is 4.53. The van der Waals surface area contributed by atoms with Crippen molar-refractivity contribution in [3.8, 4) is 0 Å². The maximum Gasteiger partial charge on any atom is 0.221 e. The molecule has 0 radical (unpaired) electrons. The molecule has 0 unspecified atom stereocenters. The van der Waals surface area contributed by atoms with Gasteiger partial charge in [-0.25, -0.2) is 0 Å². The van der Waals surface area contributed by atoms with Gasteiger partial charge in [-0.1, -0.05) is 54.9 Å². The van der Waals surface area contributed by atoms with Gasteiger partial charge in [0.1, 0.15) is 0 Å². The lowest BCUT2D eigenvalue weighted by atomic mass is 9.87. The first-order valence-corrected chi connectivity index (χ1v) is 10.3. The van der Waals surface area contributed by atoms with E-state index in [0.29, 0.717) is 18.0 Å². The number of quaternary nitrogens is 1. The zero-order valence-electron chi connectivity index (χ0n) is 16.8. The Bertz CT molecular complexity index is 948. The Kier molecular flexibility index (Phi) is 6.76. The summed E-state index contributed by atoms with van der Waals surface area (Å²) in [6, 6.07) is 14.2. The van der Waals surface area contributed by atoms with Crippen LogP contribution in [0.2, 0.25) is 5.02 Å². The van der Waals surface area contributed by atoms with Crippen LogP contribution in [0.3, 0.4) is 0 Å². The highest BCUT2D eigenvalue weighted by Crippen LogP contribution is 2.37. The Morgan fingerprint density at radius 3 is 2.64 bits per heavy atom. The molecule has 4 nitrogen and oxygen atoms in total. The largest absolute Gasteiger partial charge is 0.361 e. The number of halogens is 1. The molecule has 5 heteroatoms. The molecule has 0 spiro atoms. The number of nitrogens with one attached hydrogen (secondary N) is 3. The third-order valence-corrected chi connectivity index (χ3v) is 5.55. The topological polar surface area (TPSA) is 49.3 Å². The lowest BCUT2D eigenvalue weighted by Gasteiger charge is -2.19. The van der Waals surface area contributed by atoms with Gasteiger partial charge in [0.05, 0.1) is 27.2 Å². The van der Waals surface area contributed by atoms with E-state index >= 15 is 0 Å². The monoisotopic (exact) mass is 398 g/mol. The summed E-state index contributed by atoms with van der Waals surface area (Å²) >= 11 is 6.53. The van der Waals surface area contributed by atoms with Crippen molar-refractivity contribution in [3.63, 3.8) is 0 Å². The van der Waals surface area contributed by atoms with E-state index < -0.39 is 0 Å². The first kappa shape index (κ1) is 20.4. The molecule has 1 heterocycles. The van der Waals surface area contributed by atoms with Crippen molar-refractivity contribution in [2.45, 2.75) is 25.7 Å². The smallest absolute Gasteiger partial charge is 0.221 e. The molecule has 0 saturated heterocycles. The van der Waals surface area contributed by atoms with E-state index in [0.717, 1.165) is 35.0 Å². The van der Waals surface area contributed by atoms with E-state index in [-0.39, 0.29) is 11.8 Å². The number of fused-ring (bicyclic) bond motifs is 1. The predicted molar refractivity (Wildman–Crippen MR) is 116 cm³/mol. The number of rotatable bonds is 8. The van der Waals surface area contributed by atoms with Crippen LogP contribution in [0.1, 0.15) is 36.0 Å². The lowest BCUT2D eigenvalue weighted by molar-refractivity contribution is -0.856. The molecule has 3 rings (SSSR count). The third-order valence-electron chi connectivity index (χ3n) is 5.21. The summed E-state index contributed by atoms with van der Waals surface area (Å²) in [4.78, 5) is 17.4. The first-order chi connectivity index (χ1) is 13.5. The molecule has 1 amide bonds. The van der Waals surface area contributed by atoms with Crippen LogP contribution in [0, 0.1) is 0 Å². The van der Waals surface area contributed by atoms with Crippen molar-refractivity contribution in [1.29, 1.82) is 0 Å².